The minimum Gasteiger partial charge on any atom is -0.372 e. The molecule has 8 heteroatoms. The summed E-state index contributed by atoms with van der Waals surface area (Å²) in [5.41, 5.74) is 2.06. The van der Waals surface area contributed by atoms with Crippen molar-refractivity contribution in [2.45, 2.75) is 42.7 Å². The summed E-state index contributed by atoms with van der Waals surface area (Å²) in [7, 11) is 0. The van der Waals surface area contributed by atoms with Crippen molar-refractivity contribution in [1.82, 2.24) is 10.2 Å². The third-order valence-electron chi connectivity index (χ3n) is 4.24. The van der Waals surface area contributed by atoms with Crippen molar-refractivity contribution < 1.29 is 4.79 Å². The van der Waals surface area contributed by atoms with Crippen LogP contribution >= 0.6 is 23.1 Å². The third-order valence-corrected chi connectivity index (χ3v) is 6.30. The van der Waals surface area contributed by atoms with E-state index < -0.39 is 0 Å². The predicted octanol–water partition coefficient (Wildman–Crippen LogP) is 4.08. The average Bonchev–Trinajstić information content (AvgIpc) is 3.10. The van der Waals surface area contributed by atoms with E-state index in [4.69, 9.17) is 0 Å². The van der Waals surface area contributed by atoms with Gasteiger partial charge in [-0.2, -0.15) is 0 Å². The number of aromatic nitrogens is 2. The Bertz CT molecular complexity index is 713. The van der Waals surface area contributed by atoms with E-state index in [0.717, 1.165) is 34.8 Å². The van der Waals surface area contributed by atoms with Gasteiger partial charge in [0.25, 0.3) is 0 Å². The number of nitrogens with zero attached hydrogens (tertiary/aromatic N) is 3. The van der Waals surface area contributed by atoms with Gasteiger partial charge in [0.1, 0.15) is 0 Å². The zero-order chi connectivity index (χ0) is 18.4. The van der Waals surface area contributed by atoms with Gasteiger partial charge in [-0.1, -0.05) is 23.1 Å². The number of thioether (sulfide) groups is 1. The SMILES string of the molecule is CCNc1nnc(SC(C)C(=O)Nc2ccc(N3CCCCC3)cc2)s1. The molecule has 140 valence electrons. The zero-order valence-corrected chi connectivity index (χ0v) is 16.8. The maximum atomic E-state index is 12.4. The molecule has 0 saturated carbocycles. The molecular formula is C18H25N5OS2. The molecule has 3 rings (SSSR count). The standard InChI is InChI=1S/C18H25N5OS2/c1-3-19-17-21-22-18(26-17)25-13(2)16(24)20-14-7-9-15(10-8-14)23-11-5-4-6-12-23/h7-10,13H,3-6,11-12H2,1-2H3,(H,19,21)(H,20,24). The van der Waals surface area contributed by atoms with Crippen LogP contribution < -0.4 is 15.5 Å². The molecule has 1 amide bonds. The van der Waals surface area contributed by atoms with Gasteiger partial charge in [0.2, 0.25) is 11.0 Å². The van der Waals surface area contributed by atoms with E-state index in [1.165, 1.54) is 48.0 Å². The van der Waals surface area contributed by atoms with Gasteiger partial charge >= 0.3 is 0 Å². The quantitative estimate of drug-likeness (QED) is 0.693. The largest absolute Gasteiger partial charge is 0.372 e. The number of nitrogens with one attached hydrogen (secondary N) is 2. The number of carbonyl (C=O) groups is 1. The molecule has 2 N–H and O–H groups in total. The molecule has 1 aromatic heterocycles. The summed E-state index contributed by atoms with van der Waals surface area (Å²) in [6.07, 6.45) is 3.84. The van der Waals surface area contributed by atoms with E-state index in [-0.39, 0.29) is 11.2 Å². The van der Waals surface area contributed by atoms with Crippen LogP contribution in [0.1, 0.15) is 33.1 Å². The number of hydrogen-bond acceptors (Lipinski definition) is 7. The van der Waals surface area contributed by atoms with Crippen LogP contribution in [0.15, 0.2) is 28.6 Å². The van der Waals surface area contributed by atoms with Gasteiger partial charge in [0.05, 0.1) is 5.25 Å². The number of carbonyl (C=O) groups excluding carboxylic acids is 1. The third kappa shape index (κ3) is 5.11. The zero-order valence-electron chi connectivity index (χ0n) is 15.2. The van der Waals surface area contributed by atoms with Crippen LogP contribution in [0.5, 0.6) is 0 Å². The van der Waals surface area contributed by atoms with Crippen molar-refractivity contribution in [3.05, 3.63) is 24.3 Å². The molecule has 26 heavy (non-hydrogen) atoms. The first-order valence-corrected chi connectivity index (χ1v) is 10.7. The summed E-state index contributed by atoms with van der Waals surface area (Å²) < 4.78 is 0.795. The lowest BCUT2D eigenvalue weighted by Crippen LogP contribution is -2.29. The Kier molecular flexibility index (Phi) is 6.73. The number of hydrogen-bond donors (Lipinski definition) is 2. The predicted molar refractivity (Wildman–Crippen MR) is 111 cm³/mol. The summed E-state index contributed by atoms with van der Waals surface area (Å²) in [6, 6.07) is 8.14. The van der Waals surface area contributed by atoms with Gasteiger partial charge in [-0.3, -0.25) is 4.79 Å². The number of piperidine rings is 1. The normalized spacial score (nSPS) is 15.5. The van der Waals surface area contributed by atoms with Crippen molar-refractivity contribution >= 4 is 45.5 Å². The van der Waals surface area contributed by atoms with Gasteiger partial charge in [0, 0.05) is 31.0 Å². The molecule has 1 fully saturated rings. The number of amides is 1. The van der Waals surface area contributed by atoms with Crippen LogP contribution in [0.25, 0.3) is 0 Å². The fourth-order valence-electron chi connectivity index (χ4n) is 2.84. The van der Waals surface area contributed by atoms with E-state index in [1.807, 2.05) is 26.0 Å². The molecule has 1 aromatic carbocycles. The lowest BCUT2D eigenvalue weighted by molar-refractivity contribution is -0.115. The maximum absolute atomic E-state index is 12.4. The van der Waals surface area contributed by atoms with Gasteiger partial charge in [-0.05, 0) is 57.4 Å². The summed E-state index contributed by atoms with van der Waals surface area (Å²) >= 11 is 2.90. The average molecular weight is 392 g/mol. The fourth-order valence-corrected chi connectivity index (χ4v) is 4.80. The molecule has 0 aliphatic carbocycles. The molecule has 1 aliphatic rings. The van der Waals surface area contributed by atoms with Gasteiger partial charge < -0.3 is 15.5 Å². The molecule has 0 spiro atoms. The van der Waals surface area contributed by atoms with Crippen molar-refractivity contribution in [3.8, 4) is 0 Å². The lowest BCUT2D eigenvalue weighted by Gasteiger charge is -2.28. The number of benzene rings is 1. The van der Waals surface area contributed by atoms with E-state index in [1.54, 1.807) is 0 Å². The van der Waals surface area contributed by atoms with E-state index in [9.17, 15) is 4.79 Å². The van der Waals surface area contributed by atoms with Gasteiger partial charge in [-0.15, -0.1) is 10.2 Å². The van der Waals surface area contributed by atoms with Crippen LogP contribution in [0, 0.1) is 0 Å². The van der Waals surface area contributed by atoms with E-state index in [2.05, 4.69) is 37.9 Å². The maximum Gasteiger partial charge on any atom is 0.237 e. The number of rotatable bonds is 7. The van der Waals surface area contributed by atoms with Crippen molar-refractivity contribution in [2.24, 2.45) is 0 Å². The minimum absolute atomic E-state index is 0.0269. The van der Waals surface area contributed by atoms with E-state index >= 15 is 0 Å². The Morgan fingerprint density at radius 1 is 1.23 bits per heavy atom. The molecule has 6 nitrogen and oxygen atoms in total. The summed E-state index contributed by atoms with van der Waals surface area (Å²) in [4.78, 5) is 14.8. The number of anilines is 3. The molecule has 0 bridgehead atoms. The Morgan fingerprint density at radius 2 is 1.96 bits per heavy atom. The molecule has 1 aliphatic heterocycles. The highest BCUT2D eigenvalue weighted by molar-refractivity contribution is 8.02. The molecule has 0 radical (unpaired) electrons. The Labute approximate surface area is 162 Å². The first-order valence-electron chi connectivity index (χ1n) is 9.05. The highest BCUT2D eigenvalue weighted by atomic mass is 32.2. The van der Waals surface area contributed by atoms with Crippen molar-refractivity contribution in [2.75, 3.05) is 35.2 Å². The Morgan fingerprint density at radius 3 is 2.65 bits per heavy atom. The van der Waals surface area contributed by atoms with Crippen molar-refractivity contribution in [3.63, 3.8) is 0 Å². The highest BCUT2D eigenvalue weighted by Gasteiger charge is 2.18. The Hall–Kier alpha value is -1.80. The van der Waals surface area contributed by atoms with Crippen LogP contribution in [-0.4, -0.2) is 41.0 Å². The molecule has 1 saturated heterocycles. The first-order chi connectivity index (χ1) is 12.7. The van der Waals surface area contributed by atoms with Crippen LogP contribution in [-0.2, 0) is 4.79 Å². The smallest absolute Gasteiger partial charge is 0.237 e. The molecular weight excluding hydrogens is 366 g/mol. The fraction of sp³-hybridized carbons (Fsp3) is 0.500. The van der Waals surface area contributed by atoms with Crippen molar-refractivity contribution in [1.29, 1.82) is 0 Å². The lowest BCUT2D eigenvalue weighted by atomic mass is 10.1. The topological polar surface area (TPSA) is 70.1 Å². The van der Waals surface area contributed by atoms with Crippen LogP contribution in [0.4, 0.5) is 16.5 Å². The second-order valence-electron chi connectivity index (χ2n) is 6.25. The molecule has 2 aromatic rings. The van der Waals surface area contributed by atoms with E-state index in [0.29, 0.717) is 0 Å². The molecule has 1 atom stereocenters. The van der Waals surface area contributed by atoms with Gasteiger partial charge in [0.15, 0.2) is 4.34 Å². The van der Waals surface area contributed by atoms with Gasteiger partial charge in [-0.25, -0.2) is 0 Å². The monoisotopic (exact) mass is 391 g/mol. The summed E-state index contributed by atoms with van der Waals surface area (Å²) in [6.45, 7) is 6.95. The summed E-state index contributed by atoms with van der Waals surface area (Å²) in [5.74, 6) is -0.0269. The minimum atomic E-state index is -0.237. The second-order valence-corrected chi connectivity index (χ2v) is 8.81. The highest BCUT2D eigenvalue weighted by Crippen LogP contribution is 2.29. The van der Waals surface area contributed by atoms with Crippen LogP contribution in [0.3, 0.4) is 0 Å². The Balaban J connectivity index is 1.52. The second kappa shape index (κ2) is 9.23. The molecule has 1 unspecified atom stereocenters. The molecule has 2 heterocycles. The first kappa shape index (κ1) is 19.0. The van der Waals surface area contributed by atoms with Crippen LogP contribution in [0.2, 0.25) is 0 Å². The summed E-state index contributed by atoms with van der Waals surface area (Å²) in [5, 5.41) is 14.8.